The van der Waals surface area contributed by atoms with Crippen LogP contribution < -0.4 is 11.2 Å². The number of aromatic nitrogens is 4. The number of fused-ring (bicyclic) bond motifs is 1. The van der Waals surface area contributed by atoms with Crippen LogP contribution in [-0.4, -0.2) is 49.7 Å². The van der Waals surface area contributed by atoms with E-state index in [1.54, 1.807) is 27.7 Å². The molecule has 2 heterocycles. The van der Waals surface area contributed by atoms with Crippen molar-refractivity contribution in [3.8, 4) is 17.1 Å². The molecule has 0 fully saturated rings. The first kappa shape index (κ1) is 24.2. The van der Waals surface area contributed by atoms with Gasteiger partial charge in [0.05, 0.1) is 0 Å². The van der Waals surface area contributed by atoms with Gasteiger partial charge in [-0.05, 0) is 58.9 Å². The van der Waals surface area contributed by atoms with Gasteiger partial charge in [-0.2, -0.15) is 0 Å². The van der Waals surface area contributed by atoms with E-state index in [1.165, 1.54) is 50.0 Å². The predicted molar refractivity (Wildman–Crippen MR) is 120 cm³/mol. The molecule has 0 radical (unpaired) electrons. The molecule has 0 saturated heterocycles. The quantitative estimate of drug-likeness (QED) is 0.616. The fourth-order valence-corrected chi connectivity index (χ4v) is 3.32. The molecule has 2 unspecified atom stereocenters. The Morgan fingerprint density at radius 2 is 1.55 bits per heavy atom. The number of hydrogen-bond donors (Lipinski definition) is 1. The summed E-state index contributed by atoms with van der Waals surface area (Å²) in [7, 11) is 2.77. The zero-order valence-electron chi connectivity index (χ0n) is 19.6. The average Bonchev–Trinajstić information content (AvgIpc) is 3.13. The number of phenols is 1. The van der Waals surface area contributed by atoms with Crippen LogP contribution in [-0.2, 0) is 14.2 Å². The Kier molecular flexibility index (Phi) is 6.48. The molecule has 0 amide bonds. The Labute approximate surface area is 189 Å². The lowest BCUT2D eigenvalue weighted by Gasteiger charge is -2.21. The third kappa shape index (κ3) is 4.41. The standard InChI is InChI=1S/C22H28N4O7/c1-12(31-6)24-18-16(19(28)25(20(24)29)13(2)32-7)26(21(30)33-22(3,4)5)17(23-18)14-8-10-15(27)11-9-14/h8-13,27H,1-7H3. The van der Waals surface area contributed by atoms with Gasteiger partial charge in [-0.15, -0.1) is 0 Å². The second-order valence-electron chi connectivity index (χ2n) is 8.47. The number of rotatable bonds is 5. The van der Waals surface area contributed by atoms with Gasteiger partial charge in [0.1, 0.15) is 23.8 Å². The van der Waals surface area contributed by atoms with Crippen molar-refractivity contribution in [1.29, 1.82) is 0 Å². The molecule has 0 saturated carbocycles. The Bertz CT molecular complexity index is 1300. The Hall–Kier alpha value is -3.44. The first-order valence-corrected chi connectivity index (χ1v) is 10.3. The van der Waals surface area contributed by atoms with E-state index in [1.807, 2.05) is 0 Å². The van der Waals surface area contributed by atoms with Crippen molar-refractivity contribution in [3.05, 3.63) is 45.1 Å². The minimum absolute atomic E-state index is 0.0138. The zero-order chi connectivity index (χ0) is 24.7. The number of hydrogen-bond acceptors (Lipinski definition) is 8. The van der Waals surface area contributed by atoms with Crippen LogP contribution >= 0.6 is 0 Å². The topological polar surface area (TPSA) is 127 Å². The number of phenolic OH excluding ortho intramolecular Hbond substituents is 1. The number of nitrogens with zero attached hydrogens (tertiary/aromatic N) is 4. The lowest BCUT2D eigenvalue weighted by molar-refractivity contribution is 0.0371. The summed E-state index contributed by atoms with van der Waals surface area (Å²) in [5.41, 5.74) is -2.14. The van der Waals surface area contributed by atoms with Crippen molar-refractivity contribution < 1.29 is 24.1 Å². The molecule has 178 valence electrons. The summed E-state index contributed by atoms with van der Waals surface area (Å²) in [6, 6.07) is 5.92. The first-order chi connectivity index (χ1) is 15.4. The van der Waals surface area contributed by atoms with E-state index in [4.69, 9.17) is 14.2 Å². The molecule has 0 aliphatic rings. The molecule has 2 aromatic heterocycles. The van der Waals surface area contributed by atoms with Crippen LogP contribution in [0.1, 0.15) is 47.1 Å². The molecule has 0 aliphatic heterocycles. The molecule has 0 bridgehead atoms. The summed E-state index contributed by atoms with van der Waals surface area (Å²) >= 11 is 0. The van der Waals surface area contributed by atoms with Crippen molar-refractivity contribution >= 4 is 17.3 Å². The van der Waals surface area contributed by atoms with Gasteiger partial charge in [-0.3, -0.25) is 4.79 Å². The van der Waals surface area contributed by atoms with E-state index >= 15 is 0 Å². The highest BCUT2D eigenvalue weighted by atomic mass is 16.6. The molecule has 33 heavy (non-hydrogen) atoms. The average molecular weight is 460 g/mol. The van der Waals surface area contributed by atoms with Crippen LogP contribution in [0.15, 0.2) is 33.9 Å². The van der Waals surface area contributed by atoms with Gasteiger partial charge in [-0.1, -0.05) is 0 Å². The zero-order valence-corrected chi connectivity index (χ0v) is 19.6. The minimum Gasteiger partial charge on any atom is -0.508 e. The highest BCUT2D eigenvalue weighted by molar-refractivity contribution is 5.90. The number of carbonyl (C=O) groups is 1. The van der Waals surface area contributed by atoms with Gasteiger partial charge in [0.25, 0.3) is 5.56 Å². The SMILES string of the molecule is COC(C)n1c(=O)c2c(nc(-c3ccc(O)cc3)n2C(=O)OC(C)(C)C)n(C(C)OC)c1=O. The highest BCUT2D eigenvalue weighted by Crippen LogP contribution is 2.27. The van der Waals surface area contributed by atoms with Crippen molar-refractivity contribution in [3.63, 3.8) is 0 Å². The number of carbonyl (C=O) groups excluding carboxylic acids is 1. The number of methoxy groups -OCH3 is 2. The van der Waals surface area contributed by atoms with E-state index in [0.29, 0.717) is 5.56 Å². The van der Waals surface area contributed by atoms with Crippen LogP contribution in [0.3, 0.4) is 0 Å². The molecule has 0 spiro atoms. The third-order valence-corrected chi connectivity index (χ3v) is 5.03. The number of imidazole rings is 1. The van der Waals surface area contributed by atoms with Gasteiger partial charge in [0.2, 0.25) is 0 Å². The van der Waals surface area contributed by atoms with Crippen LogP contribution in [0.5, 0.6) is 5.75 Å². The molecular formula is C22H28N4O7. The van der Waals surface area contributed by atoms with Crippen LogP contribution in [0, 0.1) is 0 Å². The summed E-state index contributed by atoms with van der Waals surface area (Å²) < 4.78 is 19.2. The van der Waals surface area contributed by atoms with E-state index in [9.17, 15) is 19.5 Å². The molecule has 11 heteroatoms. The summed E-state index contributed by atoms with van der Waals surface area (Å²) in [5.74, 6) is 0.0792. The fraction of sp³-hybridized carbons (Fsp3) is 0.455. The second kappa shape index (κ2) is 8.83. The lowest BCUT2D eigenvalue weighted by Crippen LogP contribution is -2.44. The molecule has 3 rings (SSSR count). The Morgan fingerprint density at radius 1 is 1.00 bits per heavy atom. The van der Waals surface area contributed by atoms with E-state index in [-0.39, 0.29) is 22.7 Å². The van der Waals surface area contributed by atoms with Gasteiger partial charge in [-0.25, -0.2) is 28.3 Å². The monoisotopic (exact) mass is 460 g/mol. The second-order valence-corrected chi connectivity index (χ2v) is 8.47. The van der Waals surface area contributed by atoms with E-state index in [0.717, 1.165) is 9.13 Å². The molecule has 0 aliphatic carbocycles. The van der Waals surface area contributed by atoms with Crippen LogP contribution in [0.2, 0.25) is 0 Å². The van der Waals surface area contributed by atoms with Crippen molar-refractivity contribution in [2.24, 2.45) is 0 Å². The molecule has 1 N–H and O–H groups in total. The lowest BCUT2D eigenvalue weighted by atomic mass is 10.2. The number of ether oxygens (including phenoxy) is 3. The first-order valence-electron chi connectivity index (χ1n) is 10.3. The third-order valence-electron chi connectivity index (χ3n) is 5.03. The summed E-state index contributed by atoms with van der Waals surface area (Å²) in [6.07, 6.45) is -2.59. The van der Waals surface area contributed by atoms with Crippen LogP contribution in [0.4, 0.5) is 4.79 Å². The summed E-state index contributed by atoms with van der Waals surface area (Å²) in [6.45, 7) is 8.22. The highest BCUT2D eigenvalue weighted by Gasteiger charge is 2.31. The van der Waals surface area contributed by atoms with Gasteiger partial charge >= 0.3 is 11.8 Å². The maximum atomic E-state index is 13.5. The molecular weight excluding hydrogens is 432 g/mol. The van der Waals surface area contributed by atoms with Crippen LogP contribution in [0.25, 0.3) is 22.6 Å². The molecule has 3 aromatic rings. The van der Waals surface area contributed by atoms with Gasteiger partial charge in [0, 0.05) is 19.8 Å². The van der Waals surface area contributed by atoms with E-state index < -0.39 is 35.4 Å². The molecule has 1 aromatic carbocycles. The van der Waals surface area contributed by atoms with Crippen molar-refractivity contribution in [1.82, 2.24) is 18.7 Å². The van der Waals surface area contributed by atoms with Gasteiger partial charge < -0.3 is 19.3 Å². The van der Waals surface area contributed by atoms with Crippen molar-refractivity contribution in [2.75, 3.05) is 14.2 Å². The Balaban J connectivity index is 2.54. The summed E-state index contributed by atoms with van der Waals surface area (Å²) in [4.78, 5) is 44.6. The maximum absolute atomic E-state index is 13.5. The maximum Gasteiger partial charge on any atom is 0.421 e. The van der Waals surface area contributed by atoms with E-state index in [2.05, 4.69) is 4.98 Å². The number of aromatic hydroxyl groups is 1. The fourth-order valence-electron chi connectivity index (χ4n) is 3.32. The number of benzene rings is 1. The minimum atomic E-state index is -0.927. The van der Waals surface area contributed by atoms with Crippen molar-refractivity contribution in [2.45, 2.75) is 52.7 Å². The predicted octanol–water partition coefficient (Wildman–Crippen LogP) is 2.85. The van der Waals surface area contributed by atoms with Gasteiger partial charge in [0.15, 0.2) is 17.0 Å². The molecule has 2 atom stereocenters. The normalized spacial score (nSPS) is 13.8. The molecule has 11 nitrogen and oxygen atoms in total. The summed E-state index contributed by atoms with van der Waals surface area (Å²) in [5, 5.41) is 9.68. The smallest absolute Gasteiger partial charge is 0.421 e. The largest absolute Gasteiger partial charge is 0.508 e. The Morgan fingerprint density at radius 3 is 2.06 bits per heavy atom.